The number of carbonyl (C=O) groups is 2. The lowest BCUT2D eigenvalue weighted by atomic mass is 9.97. The second-order valence-corrected chi connectivity index (χ2v) is 6.85. The van der Waals surface area contributed by atoms with Gasteiger partial charge in [-0.3, -0.25) is 9.48 Å². The number of likely N-dealkylation sites (tertiary alicyclic amines) is 1. The maximum absolute atomic E-state index is 12.7. The van der Waals surface area contributed by atoms with Gasteiger partial charge in [0, 0.05) is 32.3 Å². The largest absolute Gasteiger partial charge is 0.444 e. The van der Waals surface area contributed by atoms with E-state index in [1.807, 2.05) is 0 Å². The number of amides is 2. The zero-order valence-corrected chi connectivity index (χ0v) is 14.1. The molecule has 24 heavy (non-hydrogen) atoms. The van der Waals surface area contributed by atoms with Gasteiger partial charge in [-0.1, -0.05) is 0 Å². The first-order valence-corrected chi connectivity index (χ1v) is 7.62. The number of carbonyl (C=O) groups excluding carboxylic acids is 2. The highest BCUT2D eigenvalue weighted by atomic mass is 19.3. The molecule has 2 atom stereocenters. The molecule has 0 aromatic carbocycles. The Kier molecular flexibility index (Phi) is 5.10. The third-order valence-electron chi connectivity index (χ3n) is 3.67. The Morgan fingerprint density at radius 1 is 1.38 bits per heavy atom. The molecule has 0 bridgehead atoms. The summed E-state index contributed by atoms with van der Waals surface area (Å²) in [6.45, 7) is 5.28. The van der Waals surface area contributed by atoms with Crippen molar-refractivity contribution in [2.45, 2.75) is 44.8 Å². The lowest BCUT2D eigenvalue weighted by molar-refractivity contribution is -0.141. The second kappa shape index (κ2) is 6.74. The van der Waals surface area contributed by atoms with E-state index in [9.17, 15) is 18.4 Å². The van der Waals surface area contributed by atoms with Gasteiger partial charge in [0.25, 0.3) is 5.91 Å². The Morgan fingerprint density at radius 2 is 2.04 bits per heavy atom. The topological polar surface area (TPSA) is 76.5 Å². The molecular weight excluding hydrogens is 322 g/mol. The normalized spacial score (nSPS) is 21.2. The van der Waals surface area contributed by atoms with Gasteiger partial charge in [0.2, 0.25) is 0 Å². The van der Waals surface area contributed by atoms with Crippen molar-refractivity contribution in [3.05, 3.63) is 18.0 Å². The fourth-order valence-corrected chi connectivity index (χ4v) is 2.70. The van der Waals surface area contributed by atoms with Crippen LogP contribution in [0.2, 0.25) is 0 Å². The van der Waals surface area contributed by atoms with Gasteiger partial charge in [0.05, 0.1) is 12.2 Å². The number of rotatable bonds is 3. The van der Waals surface area contributed by atoms with Crippen molar-refractivity contribution in [1.82, 2.24) is 20.0 Å². The van der Waals surface area contributed by atoms with Crippen LogP contribution in [0.3, 0.4) is 0 Å². The molecule has 1 saturated heterocycles. The molecule has 1 aliphatic rings. The summed E-state index contributed by atoms with van der Waals surface area (Å²) in [6.07, 6.45) is -0.372. The molecule has 9 heteroatoms. The van der Waals surface area contributed by atoms with Gasteiger partial charge in [-0.05, 0) is 26.3 Å². The van der Waals surface area contributed by atoms with Gasteiger partial charge in [0.1, 0.15) is 5.60 Å². The van der Waals surface area contributed by atoms with Gasteiger partial charge in [0.15, 0.2) is 0 Å². The number of aromatic nitrogens is 2. The number of hydrogen-bond donors (Lipinski definition) is 1. The zero-order chi connectivity index (χ0) is 18.1. The predicted molar refractivity (Wildman–Crippen MR) is 81.7 cm³/mol. The van der Waals surface area contributed by atoms with E-state index in [4.69, 9.17) is 4.74 Å². The molecule has 7 nitrogen and oxygen atoms in total. The lowest BCUT2D eigenvalue weighted by Gasteiger charge is -2.23. The van der Waals surface area contributed by atoms with Crippen LogP contribution in [-0.4, -0.2) is 57.8 Å². The van der Waals surface area contributed by atoms with Gasteiger partial charge >= 0.3 is 12.5 Å². The van der Waals surface area contributed by atoms with Gasteiger partial charge in [-0.2, -0.15) is 13.9 Å². The van der Waals surface area contributed by atoms with Gasteiger partial charge in [-0.15, -0.1) is 0 Å². The van der Waals surface area contributed by atoms with Crippen LogP contribution in [0.4, 0.5) is 13.6 Å². The van der Waals surface area contributed by atoms with Crippen molar-refractivity contribution in [3.8, 4) is 0 Å². The first-order valence-electron chi connectivity index (χ1n) is 7.62. The average molecular weight is 344 g/mol. The number of alkyl halides is 2. The summed E-state index contributed by atoms with van der Waals surface area (Å²) in [5.41, 5.74) is 0.0912. The standard InChI is InChI=1S/C15H22F2N4O3/c1-15(2,3)24-14(23)19-11-8-21(13(22)12(16)17)7-10(11)9-5-18-20(4)6-9/h5-6,10-12H,7-8H2,1-4H3,(H,19,23)/t10-,11+/m0/s1. The number of alkyl carbamates (subject to hydrolysis) is 1. The molecule has 0 unspecified atom stereocenters. The summed E-state index contributed by atoms with van der Waals surface area (Å²) >= 11 is 0. The Labute approximate surface area is 138 Å². The molecular formula is C15H22F2N4O3. The van der Waals surface area contributed by atoms with E-state index in [-0.39, 0.29) is 19.0 Å². The maximum atomic E-state index is 12.7. The maximum Gasteiger partial charge on any atom is 0.407 e. The summed E-state index contributed by atoms with van der Waals surface area (Å²) in [7, 11) is 1.73. The molecule has 0 radical (unpaired) electrons. The van der Waals surface area contributed by atoms with E-state index in [2.05, 4.69) is 10.4 Å². The molecule has 1 aromatic heterocycles. The minimum Gasteiger partial charge on any atom is -0.444 e. The minimum absolute atomic E-state index is 0.00196. The highest BCUT2D eigenvalue weighted by Gasteiger charge is 2.40. The van der Waals surface area contributed by atoms with E-state index >= 15 is 0 Å². The quantitative estimate of drug-likeness (QED) is 0.902. The molecule has 0 aliphatic carbocycles. The smallest absolute Gasteiger partial charge is 0.407 e. The molecule has 134 valence electrons. The summed E-state index contributed by atoms with van der Waals surface area (Å²) in [5, 5.41) is 6.74. The highest BCUT2D eigenvalue weighted by Crippen LogP contribution is 2.28. The van der Waals surface area contributed by atoms with E-state index < -0.39 is 30.1 Å². The van der Waals surface area contributed by atoms with Crippen molar-refractivity contribution in [3.63, 3.8) is 0 Å². The number of nitrogens with one attached hydrogen (secondary N) is 1. The van der Waals surface area contributed by atoms with E-state index in [0.29, 0.717) is 0 Å². The third kappa shape index (κ3) is 4.42. The first-order chi connectivity index (χ1) is 11.1. The molecule has 1 aliphatic heterocycles. The minimum atomic E-state index is -3.07. The van der Waals surface area contributed by atoms with Crippen LogP contribution in [0, 0.1) is 0 Å². The summed E-state index contributed by atoms with van der Waals surface area (Å²) in [4.78, 5) is 24.7. The van der Waals surface area contributed by atoms with Crippen molar-refractivity contribution in [2.75, 3.05) is 13.1 Å². The highest BCUT2D eigenvalue weighted by molar-refractivity contribution is 5.80. The van der Waals surface area contributed by atoms with Crippen LogP contribution < -0.4 is 5.32 Å². The van der Waals surface area contributed by atoms with Gasteiger partial charge < -0.3 is 15.0 Å². The number of aryl methyl sites for hydroxylation is 1. The zero-order valence-electron chi connectivity index (χ0n) is 14.1. The molecule has 1 N–H and O–H groups in total. The van der Waals surface area contributed by atoms with E-state index in [1.165, 1.54) is 0 Å². The van der Waals surface area contributed by atoms with Crippen molar-refractivity contribution in [2.24, 2.45) is 7.05 Å². The van der Waals surface area contributed by atoms with Crippen LogP contribution >= 0.6 is 0 Å². The van der Waals surface area contributed by atoms with Crippen LogP contribution in [0.1, 0.15) is 32.3 Å². The fourth-order valence-electron chi connectivity index (χ4n) is 2.70. The number of hydrogen-bond acceptors (Lipinski definition) is 4. The van der Waals surface area contributed by atoms with Gasteiger partial charge in [-0.25, -0.2) is 4.79 Å². The monoisotopic (exact) mass is 344 g/mol. The summed E-state index contributed by atoms with van der Waals surface area (Å²) in [5.74, 6) is -1.56. The summed E-state index contributed by atoms with van der Waals surface area (Å²) in [6, 6.07) is -0.522. The van der Waals surface area contributed by atoms with Crippen LogP contribution in [0.5, 0.6) is 0 Å². The Hall–Kier alpha value is -2.19. The van der Waals surface area contributed by atoms with Crippen molar-refractivity contribution < 1.29 is 23.1 Å². The fraction of sp³-hybridized carbons (Fsp3) is 0.667. The molecule has 1 aromatic rings. The third-order valence-corrected chi connectivity index (χ3v) is 3.67. The second-order valence-electron chi connectivity index (χ2n) is 6.85. The molecule has 1 fully saturated rings. The molecule has 2 rings (SSSR count). The molecule has 0 saturated carbocycles. The number of halogens is 2. The summed E-state index contributed by atoms with van der Waals surface area (Å²) < 4.78 is 32.2. The SMILES string of the molecule is Cn1cc([C@@H]2CN(C(=O)C(F)F)C[C@H]2NC(=O)OC(C)(C)C)cn1. The van der Waals surface area contributed by atoms with E-state index in [0.717, 1.165) is 10.5 Å². The Morgan fingerprint density at radius 3 is 2.54 bits per heavy atom. The van der Waals surface area contributed by atoms with Crippen LogP contribution in [0.25, 0.3) is 0 Å². The van der Waals surface area contributed by atoms with Crippen LogP contribution in [-0.2, 0) is 16.6 Å². The molecule has 2 amide bonds. The number of nitrogens with zero attached hydrogens (tertiary/aromatic N) is 3. The predicted octanol–water partition coefficient (Wildman–Crippen LogP) is 1.50. The Balaban J connectivity index is 2.15. The average Bonchev–Trinajstić information content (AvgIpc) is 3.01. The Bertz CT molecular complexity index is 612. The number of ether oxygens (including phenoxy) is 1. The van der Waals surface area contributed by atoms with Crippen molar-refractivity contribution >= 4 is 12.0 Å². The van der Waals surface area contributed by atoms with Crippen molar-refractivity contribution in [1.29, 1.82) is 0 Å². The van der Waals surface area contributed by atoms with E-state index in [1.54, 1.807) is 44.9 Å². The first kappa shape index (κ1) is 18.2. The lowest BCUT2D eigenvalue weighted by Crippen LogP contribution is -2.43. The molecule has 0 spiro atoms. The van der Waals surface area contributed by atoms with Crippen LogP contribution in [0.15, 0.2) is 12.4 Å². The molecule has 2 heterocycles.